The lowest BCUT2D eigenvalue weighted by Gasteiger charge is -2.39. The van der Waals surface area contributed by atoms with E-state index >= 15 is 0 Å². The Hall–Kier alpha value is -2.32. The minimum Gasteiger partial charge on any atom is -0.481 e. The summed E-state index contributed by atoms with van der Waals surface area (Å²) in [5.74, 6) is -1.71. The Bertz CT molecular complexity index is 692. The molecule has 2 heterocycles. The van der Waals surface area contributed by atoms with E-state index in [1.54, 1.807) is 11.2 Å². The SMILES string of the molecule is CC(C)=CC[C@@]1(C(=O)O)CCCN(C(=O)c2cc(C(F)(F)F)[nH]n2)C1. The van der Waals surface area contributed by atoms with Crippen LogP contribution in [0.4, 0.5) is 13.2 Å². The number of halogens is 3. The highest BCUT2D eigenvalue weighted by Gasteiger charge is 2.43. The fraction of sp³-hybridized carbons (Fsp3) is 0.562. The Balaban J connectivity index is 2.21. The number of carbonyl (C=O) groups is 2. The van der Waals surface area contributed by atoms with Crippen molar-refractivity contribution < 1.29 is 27.9 Å². The number of nitrogens with zero attached hydrogens (tertiary/aromatic N) is 2. The van der Waals surface area contributed by atoms with Crippen molar-refractivity contribution in [1.29, 1.82) is 0 Å². The summed E-state index contributed by atoms with van der Waals surface area (Å²) in [6.45, 7) is 3.93. The maximum absolute atomic E-state index is 12.6. The van der Waals surface area contributed by atoms with Gasteiger partial charge in [0.25, 0.3) is 5.91 Å². The van der Waals surface area contributed by atoms with E-state index in [2.05, 4.69) is 5.10 Å². The highest BCUT2D eigenvalue weighted by Crippen LogP contribution is 2.35. The monoisotopic (exact) mass is 359 g/mol. The molecule has 1 saturated heterocycles. The number of carbonyl (C=O) groups excluding carboxylic acids is 1. The average Bonchev–Trinajstić information content (AvgIpc) is 3.02. The van der Waals surface area contributed by atoms with Gasteiger partial charge in [0.1, 0.15) is 5.69 Å². The lowest BCUT2D eigenvalue weighted by molar-refractivity contribution is -0.151. The molecule has 25 heavy (non-hydrogen) atoms. The topological polar surface area (TPSA) is 86.3 Å². The molecular formula is C16H20F3N3O3. The molecule has 0 bridgehead atoms. The van der Waals surface area contributed by atoms with Crippen molar-refractivity contribution in [3.63, 3.8) is 0 Å². The lowest BCUT2D eigenvalue weighted by atomic mass is 9.76. The predicted octanol–water partition coefficient (Wildman–Crippen LogP) is 3.09. The van der Waals surface area contributed by atoms with E-state index in [1.807, 2.05) is 13.8 Å². The summed E-state index contributed by atoms with van der Waals surface area (Å²) in [5.41, 5.74) is -1.64. The molecule has 1 aliphatic rings. The summed E-state index contributed by atoms with van der Waals surface area (Å²) in [4.78, 5) is 25.5. The molecular weight excluding hydrogens is 339 g/mol. The number of hydrogen-bond donors (Lipinski definition) is 2. The summed E-state index contributed by atoms with van der Waals surface area (Å²) >= 11 is 0. The van der Waals surface area contributed by atoms with Gasteiger partial charge in [0.15, 0.2) is 5.69 Å². The van der Waals surface area contributed by atoms with Crippen LogP contribution < -0.4 is 0 Å². The van der Waals surface area contributed by atoms with Gasteiger partial charge in [0.2, 0.25) is 0 Å². The normalized spacial score (nSPS) is 21.1. The number of hydrogen-bond acceptors (Lipinski definition) is 3. The number of carboxylic acid groups (broad SMARTS) is 1. The third-order valence-electron chi connectivity index (χ3n) is 4.32. The smallest absolute Gasteiger partial charge is 0.432 e. The molecule has 138 valence electrons. The number of aromatic nitrogens is 2. The first-order valence-corrected chi connectivity index (χ1v) is 7.84. The van der Waals surface area contributed by atoms with E-state index < -0.39 is 29.2 Å². The van der Waals surface area contributed by atoms with Crippen molar-refractivity contribution >= 4 is 11.9 Å². The number of rotatable bonds is 4. The van der Waals surface area contributed by atoms with E-state index in [4.69, 9.17) is 0 Å². The van der Waals surface area contributed by atoms with Gasteiger partial charge < -0.3 is 10.0 Å². The number of alkyl halides is 3. The zero-order valence-electron chi connectivity index (χ0n) is 14.0. The minimum absolute atomic E-state index is 0.0564. The third kappa shape index (κ3) is 4.21. The summed E-state index contributed by atoms with van der Waals surface area (Å²) in [6.07, 6.45) is -1.68. The van der Waals surface area contributed by atoms with Crippen molar-refractivity contribution in [2.24, 2.45) is 5.41 Å². The van der Waals surface area contributed by atoms with Crippen molar-refractivity contribution in [1.82, 2.24) is 15.1 Å². The number of H-pyrrole nitrogens is 1. The van der Waals surface area contributed by atoms with E-state index in [1.165, 1.54) is 4.90 Å². The number of nitrogens with one attached hydrogen (secondary N) is 1. The van der Waals surface area contributed by atoms with Crippen LogP contribution in [0.3, 0.4) is 0 Å². The minimum atomic E-state index is -4.62. The predicted molar refractivity (Wildman–Crippen MR) is 82.8 cm³/mol. The summed E-state index contributed by atoms with van der Waals surface area (Å²) in [7, 11) is 0. The van der Waals surface area contributed by atoms with Gasteiger partial charge >= 0.3 is 12.1 Å². The highest BCUT2D eigenvalue weighted by molar-refractivity contribution is 5.93. The standard InChI is InChI=1S/C16H20F3N3O3/c1-10(2)4-6-15(14(24)25)5-3-7-22(9-15)13(23)11-8-12(21-20-11)16(17,18)19/h4,8H,3,5-7,9H2,1-2H3,(H,20,21)(H,24,25)/t15-/m0/s1. The largest absolute Gasteiger partial charge is 0.481 e. The molecule has 1 fully saturated rings. The van der Waals surface area contributed by atoms with Crippen molar-refractivity contribution in [2.45, 2.75) is 39.3 Å². The highest BCUT2D eigenvalue weighted by atomic mass is 19.4. The number of amides is 1. The summed E-state index contributed by atoms with van der Waals surface area (Å²) in [5, 5.41) is 14.9. The molecule has 6 nitrogen and oxygen atoms in total. The summed E-state index contributed by atoms with van der Waals surface area (Å²) in [6, 6.07) is 0.648. The Kier molecular flexibility index (Phi) is 5.24. The molecule has 0 unspecified atom stereocenters. The van der Waals surface area contributed by atoms with Gasteiger partial charge in [0.05, 0.1) is 5.41 Å². The van der Waals surface area contributed by atoms with Gasteiger partial charge in [-0.1, -0.05) is 11.6 Å². The Morgan fingerprint density at radius 2 is 2.12 bits per heavy atom. The van der Waals surface area contributed by atoms with Crippen LogP contribution in [0.5, 0.6) is 0 Å². The van der Waals surface area contributed by atoms with Gasteiger partial charge in [-0.2, -0.15) is 18.3 Å². The van der Waals surface area contributed by atoms with Gasteiger partial charge in [-0.3, -0.25) is 14.7 Å². The molecule has 1 amide bonds. The second-order valence-electron chi connectivity index (χ2n) is 6.57. The maximum atomic E-state index is 12.6. The molecule has 2 rings (SSSR count). The Morgan fingerprint density at radius 3 is 2.64 bits per heavy atom. The maximum Gasteiger partial charge on any atom is 0.432 e. The number of carboxylic acids is 1. The van der Waals surface area contributed by atoms with Crippen LogP contribution in [-0.2, 0) is 11.0 Å². The molecule has 0 radical (unpaired) electrons. The average molecular weight is 359 g/mol. The second-order valence-corrected chi connectivity index (χ2v) is 6.57. The van der Waals surface area contributed by atoms with E-state index in [0.717, 1.165) is 5.57 Å². The van der Waals surface area contributed by atoms with Crippen LogP contribution >= 0.6 is 0 Å². The van der Waals surface area contributed by atoms with Crippen LogP contribution in [0.2, 0.25) is 0 Å². The van der Waals surface area contributed by atoms with Crippen LogP contribution in [0, 0.1) is 5.41 Å². The number of likely N-dealkylation sites (tertiary alicyclic amines) is 1. The molecule has 0 saturated carbocycles. The second kappa shape index (κ2) is 6.89. The molecule has 0 spiro atoms. The fourth-order valence-electron chi connectivity index (χ4n) is 2.87. The molecule has 1 aromatic rings. The number of aliphatic carboxylic acids is 1. The van der Waals surface area contributed by atoms with Crippen molar-refractivity contribution in [2.75, 3.05) is 13.1 Å². The molecule has 9 heteroatoms. The Labute approximate surface area is 142 Å². The quantitative estimate of drug-likeness (QED) is 0.809. The fourth-order valence-corrected chi connectivity index (χ4v) is 2.87. The number of aromatic amines is 1. The molecule has 1 aliphatic heterocycles. The molecule has 1 aromatic heterocycles. The molecule has 0 aromatic carbocycles. The molecule has 2 N–H and O–H groups in total. The first-order valence-electron chi connectivity index (χ1n) is 7.84. The van der Waals surface area contributed by atoms with Gasteiger partial charge in [0, 0.05) is 19.2 Å². The van der Waals surface area contributed by atoms with Crippen LogP contribution in [0.1, 0.15) is 49.3 Å². The van der Waals surface area contributed by atoms with Gasteiger partial charge in [-0.05, 0) is 33.1 Å². The zero-order valence-corrected chi connectivity index (χ0v) is 14.0. The van der Waals surface area contributed by atoms with Crippen LogP contribution in [0.15, 0.2) is 17.7 Å². The van der Waals surface area contributed by atoms with E-state index in [0.29, 0.717) is 18.9 Å². The van der Waals surface area contributed by atoms with E-state index in [9.17, 15) is 27.9 Å². The zero-order chi connectivity index (χ0) is 18.8. The van der Waals surface area contributed by atoms with Crippen LogP contribution in [0.25, 0.3) is 0 Å². The van der Waals surface area contributed by atoms with Crippen molar-refractivity contribution in [3.8, 4) is 0 Å². The number of allylic oxidation sites excluding steroid dienone is 2. The molecule has 0 aliphatic carbocycles. The first kappa shape index (κ1) is 19.0. The summed E-state index contributed by atoms with van der Waals surface area (Å²) < 4.78 is 37.9. The molecule has 1 atom stereocenters. The Morgan fingerprint density at radius 1 is 1.44 bits per heavy atom. The van der Waals surface area contributed by atoms with Crippen molar-refractivity contribution in [3.05, 3.63) is 29.1 Å². The number of piperidine rings is 1. The van der Waals surface area contributed by atoms with Gasteiger partial charge in [-0.25, -0.2) is 0 Å². The third-order valence-corrected chi connectivity index (χ3v) is 4.32. The van der Waals surface area contributed by atoms with Gasteiger partial charge in [-0.15, -0.1) is 0 Å². The van der Waals surface area contributed by atoms with E-state index in [-0.39, 0.29) is 25.2 Å². The lowest BCUT2D eigenvalue weighted by Crippen LogP contribution is -2.49. The van der Waals surface area contributed by atoms with Crippen LogP contribution in [-0.4, -0.2) is 45.2 Å². The first-order chi connectivity index (χ1) is 11.5.